The van der Waals surface area contributed by atoms with Gasteiger partial charge in [-0.05, 0) is 37.8 Å². The van der Waals surface area contributed by atoms with Gasteiger partial charge in [-0.3, -0.25) is 4.79 Å². The van der Waals surface area contributed by atoms with E-state index < -0.39 is 0 Å². The fourth-order valence-electron chi connectivity index (χ4n) is 1.36. The van der Waals surface area contributed by atoms with Gasteiger partial charge < -0.3 is 4.74 Å². The van der Waals surface area contributed by atoms with Gasteiger partial charge in [0, 0.05) is 6.08 Å². The predicted molar refractivity (Wildman–Crippen MR) is 61.4 cm³/mol. The van der Waals surface area contributed by atoms with Gasteiger partial charge in [-0.15, -0.1) is 0 Å². The van der Waals surface area contributed by atoms with Gasteiger partial charge in [0.1, 0.15) is 18.2 Å². The predicted octanol–water partition coefficient (Wildman–Crippen LogP) is 3.32. The second kappa shape index (κ2) is 5.64. The monoisotopic (exact) mass is 224 g/mol. The van der Waals surface area contributed by atoms with Crippen molar-refractivity contribution in [3.05, 3.63) is 35.4 Å². The summed E-state index contributed by atoms with van der Waals surface area (Å²) in [6.45, 7) is 5.18. The van der Waals surface area contributed by atoms with E-state index in [0.29, 0.717) is 11.3 Å². The minimum Gasteiger partial charge on any atom is -0.486 e. The maximum absolute atomic E-state index is 13.6. The highest BCUT2D eigenvalue weighted by molar-refractivity contribution is 5.76. The summed E-state index contributed by atoms with van der Waals surface area (Å²) in [6.07, 6.45) is 5.77. The Morgan fingerprint density at radius 2 is 2.31 bits per heavy atom. The molecule has 0 fully saturated rings. The highest BCUT2D eigenvalue weighted by Crippen LogP contribution is 2.24. The first-order chi connectivity index (χ1) is 7.50. The van der Waals surface area contributed by atoms with E-state index in [0.717, 1.165) is 6.42 Å². The Morgan fingerprint density at radius 3 is 2.94 bits per heavy atom. The number of hydrogen-bond acceptors (Lipinski definition) is 2. The van der Waals surface area contributed by atoms with Gasteiger partial charge in [0.05, 0.1) is 0 Å². The van der Waals surface area contributed by atoms with Crippen LogP contribution in [0.1, 0.15) is 27.2 Å². The van der Waals surface area contributed by atoms with Crippen LogP contribution in [0.15, 0.2) is 35.4 Å². The molecule has 1 atom stereocenters. The summed E-state index contributed by atoms with van der Waals surface area (Å²) in [5, 5.41) is 0. The molecule has 1 unspecified atom stereocenters. The van der Waals surface area contributed by atoms with Crippen LogP contribution in [0.4, 0.5) is 4.39 Å². The van der Waals surface area contributed by atoms with Crippen molar-refractivity contribution in [2.75, 3.05) is 6.61 Å². The normalized spacial score (nSPS) is 25.8. The summed E-state index contributed by atoms with van der Waals surface area (Å²) in [5.74, 6) is 0.252. The molecular weight excluding hydrogens is 207 g/mol. The molecule has 0 aromatic heterocycles. The van der Waals surface area contributed by atoms with Crippen LogP contribution in [0.5, 0.6) is 0 Å². The molecule has 1 aliphatic carbocycles. The SMILES string of the molecule is CC(=O)COC1=C/C(F)=C(/C)C(C)CC=C1. The molecule has 16 heavy (non-hydrogen) atoms. The van der Waals surface area contributed by atoms with Crippen molar-refractivity contribution in [1.29, 1.82) is 0 Å². The highest BCUT2D eigenvalue weighted by atomic mass is 19.1. The molecule has 0 spiro atoms. The lowest BCUT2D eigenvalue weighted by Crippen LogP contribution is -2.05. The van der Waals surface area contributed by atoms with E-state index in [1.54, 1.807) is 13.0 Å². The van der Waals surface area contributed by atoms with E-state index in [1.165, 1.54) is 13.0 Å². The summed E-state index contributed by atoms with van der Waals surface area (Å²) in [7, 11) is 0. The molecule has 0 heterocycles. The molecule has 0 saturated heterocycles. The van der Waals surface area contributed by atoms with Gasteiger partial charge in [-0.2, -0.15) is 0 Å². The second-order valence-electron chi connectivity index (χ2n) is 4.11. The Bertz CT molecular complexity index is 364. The molecule has 0 N–H and O–H groups in total. The van der Waals surface area contributed by atoms with Gasteiger partial charge >= 0.3 is 0 Å². The third-order valence-corrected chi connectivity index (χ3v) is 2.60. The summed E-state index contributed by atoms with van der Waals surface area (Å²) >= 11 is 0. The fraction of sp³-hybridized carbons (Fsp3) is 0.462. The Hall–Kier alpha value is -1.38. The first-order valence-electron chi connectivity index (χ1n) is 5.37. The summed E-state index contributed by atoms with van der Waals surface area (Å²) in [5.41, 5.74) is 0.716. The molecule has 0 saturated carbocycles. The molecule has 2 nitrogen and oxygen atoms in total. The quantitative estimate of drug-likeness (QED) is 0.735. The maximum atomic E-state index is 13.6. The molecule has 88 valence electrons. The molecule has 0 bridgehead atoms. The summed E-state index contributed by atoms with van der Waals surface area (Å²) in [4.78, 5) is 10.8. The molecule has 0 aromatic rings. The molecule has 1 aliphatic rings. The fourth-order valence-corrected chi connectivity index (χ4v) is 1.36. The molecule has 3 heteroatoms. The van der Waals surface area contributed by atoms with Gasteiger partial charge in [0.2, 0.25) is 0 Å². The Labute approximate surface area is 95.5 Å². The first kappa shape index (κ1) is 12.7. The molecule has 1 rings (SSSR count). The Morgan fingerprint density at radius 1 is 1.62 bits per heavy atom. The van der Waals surface area contributed by atoms with E-state index in [-0.39, 0.29) is 24.1 Å². The number of rotatable bonds is 3. The number of carbonyl (C=O) groups is 1. The van der Waals surface area contributed by atoms with Gasteiger partial charge in [-0.1, -0.05) is 13.0 Å². The molecule has 0 amide bonds. The molecular formula is C13H17FO2. The zero-order valence-electron chi connectivity index (χ0n) is 9.92. The Balaban J connectivity index is 2.84. The van der Waals surface area contributed by atoms with Crippen molar-refractivity contribution in [1.82, 2.24) is 0 Å². The van der Waals surface area contributed by atoms with Crippen molar-refractivity contribution < 1.29 is 13.9 Å². The third-order valence-electron chi connectivity index (χ3n) is 2.60. The number of hydrogen-bond donors (Lipinski definition) is 0. The van der Waals surface area contributed by atoms with Crippen molar-refractivity contribution in [2.24, 2.45) is 5.92 Å². The number of carbonyl (C=O) groups excluding carboxylic acids is 1. The Kier molecular flexibility index (Phi) is 4.47. The van der Waals surface area contributed by atoms with Crippen LogP contribution in [0.25, 0.3) is 0 Å². The molecule has 0 aromatic carbocycles. The number of ether oxygens (including phenoxy) is 1. The second-order valence-corrected chi connectivity index (χ2v) is 4.11. The summed E-state index contributed by atoms with van der Waals surface area (Å²) in [6, 6.07) is 0. The van der Waals surface area contributed by atoms with E-state index in [4.69, 9.17) is 4.74 Å². The van der Waals surface area contributed by atoms with E-state index >= 15 is 0 Å². The molecule has 0 radical (unpaired) electrons. The zero-order valence-corrected chi connectivity index (χ0v) is 9.92. The first-order valence-corrected chi connectivity index (χ1v) is 5.37. The van der Waals surface area contributed by atoms with Crippen LogP contribution in [-0.4, -0.2) is 12.4 Å². The summed E-state index contributed by atoms with van der Waals surface area (Å²) < 4.78 is 18.8. The van der Waals surface area contributed by atoms with E-state index in [9.17, 15) is 9.18 Å². The van der Waals surface area contributed by atoms with Crippen LogP contribution in [0.2, 0.25) is 0 Å². The van der Waals surface area contributed by atoms with E-state index in [1.807, 2.05) is 13.0 Å². The number of ketones is 1. The van der Waals surface area contributed by atoms with Crippen LogP contribution in [-0.2, 0) is 9.53 Å². The van der Waals surface area contributed by atoms with Gasteiger partial charge in [0.25, 0.3) is 0 Å². The average molecular weight is 224 g/mol. The van der Waals surface area contributed by atoms with Crippen molar-refractivity contribution >= 4 is 5.78 Å². The average Bonchev–Trinajstić information content (AvgIpc) is 2.22. The van der Waals surface area contributed by atoms with Crippen molar-refractivity contribution in [2.45, 2.75) is 27.2 Å². The van der Waals surface area contributed by atoms with Crippen molar-refractivity contribution in [3.63, 3.8) is 0 Å². The topological polar surface area (TPSA) is 26.3 Å². The van der Waals surface area contributed by atoms with Crippen LogP contribution in [0.3, 0.4) is 0 Å². The highest BCUT2D eigenvalue weighted by Gasteiger charge is 2.11. The number of halogens is 1. The van der Waals surface area contributed by atoms with Crippen LogP contribution >= 0.6 is 0 Å². The minimum absolute atomic E-state index is 0.0158. The number of Topliss-reactive ketones (excluding diaryl/α,β-unsaturated/α-hetero) is 1. The van der Waals surface area contributed by atoms with Gasteiger partial charge in [0.15, 0.2) is 5.78 Å². The van der Waals surface area contributed by atoms with Gasteiger partial charge in [-0.25, -0.2) is 4.39 Å². The smallest absolute Gasteiger partial charge is 0.167 e. The lowest BCUT2D eigenvalue weighted by Gasteiger charge is -2.13. The molecule has 0 aliphatic heterocycles. The maximum Gasteiger partial charge on any atom is 0.167 e. The van der Waals surface area contributed by atoms with Crippen LogP contribution < -0.4 is 0 Å². The van der Waals surface area contributed by atoms with Crippen LogP contribution in [0, 0.1) is 5.92 Å². The van der Waals surface area contributed by atoms with E-state index in [2.05, 4.69) is 0 Å². The number of allylic oxidation sites excluding steroid dienone is 5. The standard InChI is InChI=1S/C13H17FO2/c1-9-5-4-6-12(16-8-10(2)15)7-13(14)11(9)3/h4,6-7,9H,5,8H2,1-3H3/b6-4?,12-7?,13-11+. The van der Waals surface area contributed by atoms with Crippen molar-refractivity contribution in [3.8, 4) is 0 Å². The lowest BCUT2D eigenvalue weighted by atomic mass is 9.96. The third kappa shape index (κ3) is 3.65. The largest absolute Gasteiger partial charge is 0.486 e. The minimum atomic E-state index is -0.268. The zero-order chi connectivity index (χ0) is 12.1. The lowest BCUT2D eigenvalue weighted by molar-refractivity contribution is -0.120.